The molecule has 0 saturated heterocycles. The molecule has 8 nitrogen and oxygen atoms in total. The van der Waals surface area contributed by atoms with Crippen LogP contribution in [-0.2, 0) is 11.3 Å². The molecule has 2 amide bonds. The van der Waals surface area contributed by atoms with Crippen LogP contribution in [0.1, 0.15) is 39.8 Å². The number of aliphatic hydroxyl groups is 1. The third kappa shape index (κ3) is 5.19. The lowest BCUT2D eigenvalue weighted by atomic mass is 10.1. The first-order valence-corrected chi connectivity index (χ1v) is 10.0. The Balaban J connectivity index is 1.73. The Morgan fingerprint density at radius 1 is 1.39 bits per heavy atom. The van der Waals surface area contributed by atoms with E-state index in [9.17, 15) is 18.4 Å². The SMILES string of the molecule is CC1=C(OCC(F)F)CN(C)C(CN2Cc3c(ccnc3C(=O)NCCCO)C2=O)=C1. The van der Waals surface area contributed by atoms with Crippen molar-refractivity contribution in [2.24, 2.45) is 0 Å². The molecule has 3 heterocycles. The maximum absolute atomic E-state index is 12.9. The van der Waals surface area contributed by atoms with E-state index in [-0.39, 0.29) is 30.7 Å². The second-order valence-corrected chi connectivity index (χ2v) is 7.48. The summed E-state index contributed by atoms with van der Waals surface area (Å²) in [6, 6.07) is 1.60. The molecule has 1 aromatic rings. The van der Waals surface area contributed by atoms with Gasteiger partial charge < -0.3 is 25.0 Å². The van der Waals surface area contributed by atoms with Crippen molar-refractivity contribution >= 4 is 11.8 Å². The smallest absolute Gasteiger partial charge is 0.272 e. The Labute approximate surface area is 179 Å². The first-order valence-electron chi connectivity index (χ1n) is 10.0. The molecule has 0 spiro atoms. The standard InChI is InChI=1S/C21H26F2N4O4/c1-13-8-14(26(2)11-17(13)31-12-18(22)23)9-27-10-16-15(21(27)30)4-6-24-19(16)20(29)25-5-3-7-28/h4,6,8,18,28H,3,5,7,9-12H2,1-2H3,(H,25,29). The van der Waals surface area contributed by atoms with Crippen LogP contribution in [0.3, 0.4) is 0 Å². The first kappa shape index (κ1) is 22.7. The highest BCUT2D eigenvalue weighted by molar-refractivity contribution is 6.03. The fraction of sp³-hybridized carbons (Fsp3) is 0.476. The average Bonchev–Trinajstić information content (AvgIpc) is 3.05. The van der Waals surface area contributed by atoms with E-state index in [4.69, 9.17) is 9.84 Å². The molecular weight excluding hydrogens is 410 g/mol. The van der Waals surface area contributed by atoms with Gasteiger partial charge in [0.2, 0.25) is 0 Å². The van der Waals surface area contributed by atoms with Gasteiger partial charge in [-0.25, -0.2) is 8.78 Å². The van der Waals surface area contributed by atoms with Crippen LogP contribution in [0.15, 0.2) is 35.4 Å². The van der Waals surface area contributed by atoms with E-state index in [1.54, 1.807) is 24.9 Å². The normalized spacial score (nSPS) is 16.1. The van der Waals surface area contributed by atoms with E-state index >= 15 is 0 Å². The predicted octanol–water partition coefficient (Wildman–Crippen LogP) is 1.53. The molecule has 3 rings (SSSR count). The van der Waals surface area contributed by atoms with Crippen LogP contribution in [0.4, 0.5) is 8.78 Å². The first-order chi connectivity index (χ1) is 14.8. The van der Waals surface area contributed by atoms with Crippen molar-refractivity contribution in [3.05, 3.63) is 52.2 Å². The number of halogens is 2. The van der Waals surface area contributed by atoms with Crippen molar-refractivity contribution in [3.8, 4) is 0 Å². The number of likely N-dealkylation sites (N-methyl/N-ethyl adjacent to an activating group) is 1. The Hall–Kier alpha value is -3.01. The molecule has 31 heavy (non-hydrogen) atoms. The minimum atomic E-state index is -2.54. The summed E-state index contributed by atoms with van der Waals surface area (Å²) in [4.78, 5) is 33.0. The zero-order valence-electron chi connectivity index (χ0n) is 17.5. The number of hydrogen-bond acceptors (Lipinski definition) is 6. The second kappa shape index (κ2) is 9.86. The number of carbonyl (C=O) groups excluding carboxylic acids is 2. The maximum Gasteiger partial charge on any atom is 0.272 e. The highest BCUT2D eigenvalue weighted by atomic mass is 19.3. The third-order valence-electron chi connectivity index (χ3n) is 5.19. The molecule has 0 unspecified atom stereocenters. The molecule has 0 saturated carbocycles. The maximum atomic E-state index is 12.9. The number of nitrogens with zero attached hydrogens (tertiary/aromatic N) is 3. The summed E-state index contributed by atoms with van der Waals surface area (Å²) in [5.41, 5.74) is 2.79. The molecule has 10 heteroatoms. The van der Waals surface area contributed by atoms with Crippen molar-refractivity contribution in [2.45, 2.75) is 26.3 Å². The van der Waals surface area contributed by atoms with Gasteiger partial charge in [0.15, 0.2) is 0 Å². The fourth-order valence-electron chi connectivity index (χ4n) is 3.54. The number of allylic oxidation sites excluding steroid dienone is 2. The fourth-order valence-corrected chi connectivity index (χ4v) is 3.54. The number of alkyl halides is 2. The molecule has 0 bridgehead atoms. The number of fused-ring (bicyclic) bond motifs is 1. The number of hydrogen-bond donors (Lipinski definition) is 2. The molecule has 2 aliphatic heterocycles. The Morgan fingerprint density at radius 3 is 2.87 bits per heavy atom. The molecule has 0 fully saturated rings. The summed E-state index contributed by atoms with van der Waals surface area (Å²) in [5, 5.41) is 11.6. The highest BCUT2D eigenvalue weighted by Crippen LogP contribution is 2.28. The van der Waals surface area contributed by atoms with Crippen LogP contribution < -0.4 is 5.32 Å². The quantitative estimate of drug-likeness (QED) is 0.571. The highest BCUT2D eigenvalue weighted by Gasteiger charge is 2.33. The van der Waals surface area contributed by atoms with E-state index in [0.29, 0.717) is 42.9 Å². The zero-order chi connectivity index (χ0) is 22.5. The van der Waals surface area contributed by atoms with Gasteiger partial charge in [-0.15, -0.1) is 0 Å². The van der Waals surface area contributed by atoms with Gasteiger partial charge in [-0.3, -0.25) is 14.6 Å². The van der Waals surface area contributed by atoms with Crippen LogP contribution in [0, 0.1) is 0 Å². The van der Waals surface area contributed by atoms with Crippen molar-refractivity contribution in [2.75, 3.05) is 39.9 Å². The molecule has 0 aliphatic carbocycles. The van der Waals surface area contributed by atoms with Crippen LogP contribution in [0.2, 0.25) is 0 Å². The van der Waals surface area contributed by atoms with Crippen LogP contribution in [0.25, 0.3) is 0 Å². The molecule has 2 aliphatic rings. The van der Waals surface area contributed by atoms with Crippen molar-refractivity contribution in [1.29, 1.82) is 0 Å². The largest absolute Gasteiger partial charge is 0.490 e. The summed E-state index contributed by atoms with van der Waals surface area (Å²) < 4.78 is 30.1. The zero-order valence-corrected chi connectivity index (χ0v) is 17.5. The minimum absolute atomic E-state index is 0.0295. The van der Waals surface area contributed by atoms with Gasteiger partial charge in [-0.2, -0.15) is 0 Å². The Bertz CT molecular complexity index is 917. The topological polar surface area (TPSA) is 95.0 Å². The third-order valence-corrected chi connectivity index (χ3v) is 5.19. The van der Waals surface area contributed by atoms with Gasteiger partial charge in [-0.05, 0) is 31.1 Å². The van der Waals surface area contributed by atoms with Gasteiger partial charge in [0.25, 0.3) is 18.2 Å². The molecule has 0 radical (unpaired) electrons. The second-order valence-electron chi connectivity index (χ2n) is 7.48. The Morgan fingerprint density at radius 2 is 2.16 bits per heavy atom. The molecule has 0 atom stereocenters. The van der Waals surface area contributed by atoms with E-state index in [1.165, 1.54) is 6.20 Å². The molecular formula is C21H26F2N4O4. The average molecular weight is 436 g/mol. The van der Waals surface area contributed by atoms with Crippen LogP contribution in [0.5, 0.6) is 0 Å². The van der Waals surface area contributed by atoms with Crippen molar-refractivity contribution in [1.82, 2.24) is 20.1 Å². The lowest BCUT2D eigenvalue weighted by molar-refractivity contribution is 0.0420. The number of pyridine rings is 1. The summed E-state index contributed by atoms with van der Waals surface area (Å²) >= 11 is 0. The van der Waals surface area contributed by atoms with Gasteiger partial charge >= 0.3 is 0 Å². The number of aliphatic hydroxyl groups excluding tert-OH is 1. The van der Waals surface area contributed by atoms with Gasteiger partial charge in [0.1, 0.15) is 18.1 Å². The Kier molecular flexibility index (Phi) is 7.21. The molecule has 2 N–H and O–H groups in total. The predicted molar refractivity (Wildman–Crippen MR) is 108 cm³/mol. The number of carbonyl (C=O) groups is 2. The van der Waals surface area contributed by atoms with E-state index in [2.05, 4.69) is 10.3 Å². The molecule has 1 aromatic heterocycles. The van der Waals surface area contributed by atoms with Crippen molar-refractivity contribution < 1.29 is 28.2 Å². The van der Waals surface area contributed by atoms with Gasteiger partial charge in [-0.1, -0.05) is 0 Å². The monoisotopic (exact) mass is 436 g/mol. The lowest BCUT2D eigenvalue weighted by Crippen LogP contribution is -2.35. The van der Waals surface area contributed by atoms with E-state index in [0.717, 1.165) is 11.3 Å². The number of amides is 2. The van der Waals surface area contributed by atoms with Crippen LogP contribution in [-0.4, -0.2) is 78.0 Å². The minimum Gasteiger partial charge on any atom is -0.490 e. The number of ether oxygens (including phenoxy) is 1. The summed E-state index contributed by atoms with van der Waals surface area (Å²) in [6.45, 7) is 2.30. The summed E-state index contributed by atoms with van der Waals surface area (Å²) in [6.07, 6.45) is 1.15. The van der Waals surface area contributed by atoms with Crippen LogP contribution >= 0.6 is 0 Å². The summed E-state index contributed by atoms with van der Waals surface area (Å²) in [5.74, 6) is -0.0975. The number of aromatic nitrogens is 1. The molecule has 0 aromatic carbocycles. The van der Waals surface area contributed by atoms with Gasteiger partial charge in [0, 0.05) is 49.8 Å². The lowest BCUT2D eigenvalue weighted by Gasteiger charge is -2.31. The van der Waals surface area contributed by atoms with E-state index in [1.807, 2.05) is 11.0 Å². The summed E-state index contributed by atoms with van der Waals surface area (Å²) in [7, 11) is 1.80. The number of rotatable bonds is 9. The molecule has 168 valence electrons. The van der Waals surface area contributed by atoms with Crippen molar-refractivity contribution in [3.63, 3.8) is 0 Å². The van der Waals surface area contributed by atoms with E-state index < -0.39 is 13.0 Å². The van der Waals surface area contributed by atoms with Gasteiger partial charge in [0.05, 0.1) is 13.1 Å². The number of nitrogens with one attached hydrogen (secondary N) is 1.